The Bertz CT molecular complexity index is 565. The molecular weight excluding hydrogens is 306 g/mol. The molecule has 7 heteroatoms. The summed E-state index contributed by atoms with van der Waals surface area (Å²) in [4.78, 5) is 16.7. The average Bonchev–Trinajstić information content (AvgIpc) is 3.22. The van der Waals surface area contributed by atoms with Gasteiger partial charge in [-0.05, 0) is 38.9 Å². The highest BCUT2D eigenvalue weighted by molar-refractivity contribution is 5.74. The van der Waals surface area contributed by atoms with Gasteiger partial charge >= 0.3 is 6.03 Å². The van der Waals surface area contributed by atoms with Crippen molar-refractivity contribution in [2.24, 2.45) is 7.05 Å². The van der Waals surface area contributed by atoms with Crippen LogP contribution in [0.2, 0.25) is 0 Å². The SMILES string of the molecule is CN(C)C1(CNC(=O)N2CC[C@H](c3cnn(C)c3)C2)CCOCC1. The van der Waals surface area contributed by atoms with E-state index in [2.05, 4.69) is 35.6 Å². The molecule has 7 nitrogen and oxygen atoms in total. The van der Waals surface area contributed by atoms with Gasteiger partial charge in [0.25, 0.3) is 0 Å². The number of likely N-dealkylation sites (N-methyl/N-ethyl adjacent to an activating group) is 1. The predicted octanol–water partition coefficient (Wildman–Crippen LogP) is 1.03. The maximum atomic E-state index is 12.6. The summed E-state index contributed by atoms with van der Waals surface area (Å²) in [6, 6.07) is 0.0501. The highest BCUT2D eigenvalue weighted by atomic mass is 16.5. The fraction of sp³-hybridized carbons (Fsp3) is 0.765. The first-order valence-corrected chi connectivity index (χ1v) is 8.77. The minimum absolute atomic E-state index is 0.0103. The molecule has 2 aliphatic heterocycles. The highest BCUT2D eigenvalue weighted by Gasteiger charge is 2.36. The van der Waals surface area contributed by atoms with E-state index in [9.17, 15) is 4.79 Å². The first-order chi connectivity index (χ1) is 11.5. The van der Waals surface area contributed by atoms with Crippen molar-refractivity contribution in [1.82, 2.24) is 24.9 Å². The van der Waals surface area contributed by atoms with Crippen LogP contribution in [0.15, 0.2) is 12.4 Å². The first-order valence-electron chi connectivity index (χ1n) is 8.77. The van der Waals surface area contributed by atoms with E-state index in [-0.39, 0.29) is 11.6 Å². The lowest BCUT2D eigenvalue weighted by molar-refractivity contribution is -0.00613. The molecule has 0 unspecified atom stereocenters. The van der Waals surface area contributed by atoms with Crippen LogP contribution in [0.3, 0.4) is 0 Å². The quantitative estimate of drug-likeness (QED) is 0.893. The number of likely N-dealkylation sites (tertiary alicyclic amines) is 1. The molecule has 0 aromatic carbocycles. The summed E-state index contributed by atoms with van der Waals surface area (Å²) >= 11 is 0. The molecular formula is C17H29N5O2. The van der Waals surface area contributed by atoms with Crippen molar-refractivity contribution in [1.29, 1.82) is 0 Å². The van der Waals surface area contributed by atoms with Gasteiger partial charge < -0.3 is 19.9 Å². The number of aromatic nitrogens is 2. The van der Waals surface area contributed by atoms with Crippen molar-refractivity contribution < 1.29 is 9.53 Å². The van der Waals surface area contributed by atoms with E-state index in [1.165, 1.54) is 5.56 Å². The number of aryl methyl sites for hydroxylation is 1. The number of nitrogens with one attached hydrogen (secondary N) is 1. The third-order valence-electron chi connectivity index (χ3n) is 5.61. The van der Waals surface area contributed by atoms with E-state index in [0.29, 0.717) is 12.5 Å². The molecule has 3 rings (SSSR count). The van der Waals surface area contributed by atoms with Gasteiger partial charge in [-0.1, -0.05) is 0 Å². The summed E-state index contributed by atoms with van der Waals surface area (Å²) in [5, 5.41) is 7.40. The number of urea groups is 1. The molecule has 1 aromatic rings. The zero-order valence-electron chi connectivity index (χ0n) is 15.0. The van der Waals surface area contributed by atoms with Gasteiger partial charge in [-0.3, -0.25) is 4.68 Å². The van der Waals surface area contributed by atoms with E-state index in [4.69, 9.17) is 4.74 Å². The zero-order valence-corrected chi connectivity index (χ0v) is 15.0. The molecule has 1 aromatic heterocycles. The number of nitrogens with zero attached hydrogens (tertiary/aromatic N) is 4. The second-order valence-electron chi connectivity index (χ2n) is 7.27. The van der Waals surface area contributed by atoms with Crippen LogP contribution < -0.4 is 5.32 Å². The summed E-state index contributed by atoms with van der Waals surface area (Å²) in [5.74, 6) is 0.398. The van der Waals surface area contributed by atoms with E-state index in [1.807, 2.05) is 22.8 Å². The van der Waals surface area contributed by atoms with Crippen molar-refractivity contribution in [2.45, 2.75) is 30.7 Å². The molecule has 2 amide bonds. The van der Waals surface area contributed by atoms with E-state index in [1.54, 1.807) is 0 Å². The van der Waals surface area contributed by atoms with Gasteiger partial charge in [0.2, 0.25) is 0 Å². The first kappa shape index (κ1) is 17.2. The number of ether oxygens (including phenoxy) is 1. The van der Waals surface area contributed by atoms with Gasteiger partial charge in [-0.25, -0.2) is 4.79 Å². The van der Waals surface area contributed by atoms with Crippen molar-refractivity contribution in [3.63, 3.8) is 0 Å². The molecule has 2 saturated heterocycles. The summed E-state index contributed by atoms with van der Waals surface area (Å²) in [6.07, 6.45) is 6.88. The summed E-state index contributed by atoms with van der Waals surface area (Å²) < 4.78 is 7.31. The second kappa shape index (κ2) is 7.11. The van der Waals surface area contributed by atoms with Gasteiger partial charge in [0.1, 0.15) is 0 Å². The maximum Gasteiger partial charge on any atom is 0.317 e. The van der Waals surface area contributed by atoms with E-state index < -0.39 is 0 Å². The largest absolute Gasteiger partial charge is 0.381 e. The molecule has 2 fully saturated rings. The lowest BCUT2D eigenvalue weighted by Gasteiger charge is -2.43. The van der Waals surface area contributed by atoms with Gasteiger partial charge in [0, 0.05) is 57.5 Å². The molecule has 3 heterocycles. The number of hydrogen-bond acceptors (Lipinski definition) is 4. The Labute approximate surface area is 143 Å². The molecule has 1 atom stereocenters. The minimum atomic E-state index is 0.0103. The van der Waals surface area contributed by atoms with E-state index in [0.717, 1.165) is 45.6 Å². The molecule has 0 aliphatic carbocycles. The Balaban J connectivity index is 1.53. The monoisotopic (exact) mass is 335 g/mol. The molecule has 0 saturated carbocycles. The van der Waals surface area contributed by atoms with Crippen LogP contribution >= 0.6 is 0 Å². The number of hydrogen-bond donors (Lipinski definition) is 1. The van der Waals surface area contributed by atoms with Crippen LogP contribution in [0.5, 0.6) is 0 Å². The normalized spacial score (nSPS) is 23.7. The van der Waals surface area contributed by atoms with Gasteiger partial charge in [0.15, 0.2) is 0 Å². The van der Waals surface area contributed by atoms with Gasteiger partial charge in [-0.2, -0.15) is 5.10 Å². The van der Waals surface area contributed by atoms with Crippen molar-refractivity contribution in [2.75, 3.05) is 46.9 Å². The van der Waals surface area contributed by atoms with Crippen LogP contribution in [-0.2, 0) is 11.8 Å². The summed E-state index contributed by atoms with van der Waals surface area (Å²) in [7, 11) is 6.11. The minimum Gasteiger partial charge on any atom is -0.381 e. The molecule has 24 heavy (non-hydrogen) atoms. The Morgan fingerprint density at radius 2 is 2.21 bits per heavy atom. The summed E-state index contributed by atoms with van der Waals surface area (Å²) in [6.45, 7) is 3.79. The Morgan fingerprint density at radius 3 is 2.83 bits per heavy atom. The molecule has 1 N–H and O–H groups in total. The maximum absolute atomic E-state index is 12.6. The number of amides is 2. The predicted molar refractivity (Wildman–Crippen MR) is 92.0 cm³/mol. The van der Waals surface area contributed by atoms with Crippen LogP contribution in [0.1, 0.15) is 30.7 Å². The Morgan fingerprint density at radius 1 is 1.46 bits per heavy atom. The summed E-state index contributed by atoms with van der Waals surface area (Å²) in [5.41, 5.74) is 1.23. The average molecular weight is 335 g/mol. The molecule has 2 aliphatic rings. The smallest absolute Gasteiger partial charge is 0.317 e. The third kappa shape index (κ3) is 3.57. The molecule has 0 spiro atoms. The van der Waals surface area contributed by atoms with Crippen LogP contribution in [0.25, 0.3) is 0 Å². The number of carbonyl (C=O) groups excluding carboxylic acids is 1. The zero-order chi connectivity index (χ0) is 17.2. The van der Waals surface area contributed by atoms with Crippen LogP contribution in [-0.4, -0.2) is 78.1 Å². The number of carbonyl (C=O) groups is 1. The molecule has 0 radical (unpaired) electrons. The van der Waals surface area contributed by atoms with E-state index >= 15 is 0 Å². The lowest BCUT2D eigenvalue weighted by Crippen LogP contribution is -2.57. The highest BCUT2D eigenvalue weighted by Crippen LogP contribution is 2.28. The number of rotatable bonds is 4. The van der Waals surface area contributed by atoms with Crippen LogP contribution in [0, 0.1) is 0 Å². The molecule has 0 bridgehead atoms. The fourth-order valence-corrected chi connectivity index (χ4v) is 3.75. The second-order valence-corrected chi connectivity index (χ2v) is 7.27. The van der Waals surface area contributed by atoms with Crippen LogP contribution in [0.4, 0.5) is 4.79 Å². The van der Waals surface area contributed by atoms with Crippen molar-refractivity contribution >= 4 is 6.03 Å². The third-order valence-corrected chi connectivity index (χ3v) is 5.61. The fourth-order valence-electron chi connectivity index (χ4n) is 3.75. The lowest BCUT2D eigenvalue weighted by atomic mass is 9.88. The van der Waals surface area contributed by atoms with Crippen molar-refractivity contribution in [3.8, 4) is 0 Å². The van der Waals surface area contributed by atoms with Crippen molar-refractivity contribution in [3.05, 3.63) is 18.0 Å². The van der Waals surface area contributed by atoms with Gasteiger partial charge in [-0.15, -0.1) is 0 Å². The Hall–Kier alpha value is -1.60. The standard InChI is InChI=1S/C17H29N5O2/c1-20(2)17(5-8-24-9-6-17)13-18-16(23)22-7-4-14(12-22)15-10-19-21(3)11-15/h10-11,14H,4-9,12-13H2,1-3H3,(H,18,23)/t14-/m0/s1. The van der Waals surface area contributed by atoms with Gasteiger partial charge in [0.05, 0.1) is 6.20 Å². The Kier molecular flexibility index (Phi) is 5.10. The topological polar surface area (TPSA) is 62.6 Å². The molecule has 134 valence electrons.